The van der Waals surface area contributed by atoms with Crippen LogP contribution in [0.2, 0.25) is 0 Å². The Hall–Kier alpha value is -1.96. The second kappa shape index (κ2) is 5.92. The molecule has 4 rings (SSSR count). The van der Waals surface area contributed by atoms with E-state index in [9.17, 15) is 9.59 Å². The van der Waals surface area contributed by atoms with Crippen LogP contribution < -0.4 is 9.47 Å². The van der Waals surface area contributed by atoms with Gasteiger partial charge in [-0.15, -0.1) is 34.0 Å². The predicted molar refractivity (Wildman–Crippen MR) is 92.7 cm³/mol. The third kappa shape index (κ3) is 2.50. The number of carbonyl (C=O) groups excluding carboxylic acids is 2. The fourth-order valence-corrected chi connectivity index (χ4v) is 5.40. The summed E-state index contributed by atoms with van der Waals surface area (Å²) >= 11 is 4.43. The molecule has 1 aliphatic heterocycles. The van der Waals surface area contributed by atoms with E-state index < -0.39 is 0 Å². The van der Waals surface area contributed by atoms with Gasteiger partial charge in [-0.1, -0.05) is 0 Å². The summed E-state index contributed by atoms with van der Waals surface area (Å²) in [6, 6.07) is 7.46. The first-order valence-electron chi connectivity index (χ1n) is 6.83. The maximum atomic E-state index is 10.9. The lowest BCUT2D eigenvalue weighted by Crippen LogP contribution is -2.14. The highest BCUT2D eigenvalue weighted by atomic mass is 32.1. The number of ether oxygens (including phenoxy) is 2. The van der Waals surface area contributed by atoms with Crippen molar-refractivity contribution < 1.29 is 19.1 Å². The number of aldehydes is 2. The standard InChI is InChI=1S/C16H10O4S3/c17-7-9-1-3-11(21-9)15-13-14(20-6-5-19-13)16(23-15)12-4-2-10(8-18)22-12/h1-4,7-8H,5-6H2. The van der Waals surface area contributed by atoms with E-state index in [-0.39, 0.29) is 0 Å². The minimum atomic E-state index is 0.506. The van der Waals surface area contributed by atoms with Crippen molar-refractivity contribution in [1.82, 2.24) is 0 Å². The molecular formula is C16H10O4S3. The zero-order valence-corrected chi connectivity index (χ0v) is 14.2. The number of hydrogen-bond acceptors (Lipinski definition) is 7. The molecule has 0 fully saturated rings. The van der Waals surface area contributed by atoms with Crippen molar-refractivity contribution in [3.8, 4) is 31.0 Å². The molecule has 0 N–H and O–H groups in total. The van der Waals surface area contributed by atoms with Crippen LogP contribution in [-0.4, -0.2) is 25.8 Å². The molecule has 3 aromatic heterocycles. The first-order valence-corrected chi connectivity index (χ1v) is 9.28. The number of hydrogen-bond donors (Lipinski definition) is 0. The van der Waals surface area contributed by atoms with Crippen LogP contribution in [0, 0.1) is 0 Å². The summed E-state index contributed by atoms with van der Waals surface area (Å²) in [4.78, 5) is 27.1. The lowest BCUT2D eigenvalue weighted by atomic mass is 10.2. The van der Waals surface area contributed by atoms with Crippen LogP contribution in [0.5, 0.6) is 11.5 Å². The molecule has 23 heavy (non-hydrogen) atoms. The third-order valence-corrected chi connectivity index (χ3v) is 6.87. The molecule has 0 radical (unpaired) electrons. The molecule has 116 valence electrons. The molecule has 0 saturated heterocycles. The van der Waals surface area contributed by atoms with E-state index >= 15 is 0 Å². The van der Waals surface area contributed by atoms with Gasteiger partial charge in [-0.3, -0.25) is 9.59 Å². The topological polar surface area (TPSA) is 52.6 Å². The maximum Gasteiger partial charge on any atom is 0.181 e. The summed E-state index contributed by atoms with van der Waals surface area (Å²) in [5.41, 5.74) is 0. The smallest absolute Gasteiger partial charge is 0.181 e. The van der Waals surface area contributed by atoms with Gasteiger partial charge < -0.3 is 9.47 Å². The first kappa shape index (κ1) is 14.6. The van der Waals surface area contributed by atoms with E-state index in [1.807, 2.05) is 12.1 Å². The lowest BCUT2D eigenvalue weighted by molar-refractivity contribution is 0.111. The van der Waals surface area contributed by atoms with E-state index in [1.165, 1.54) is 22.7 Å². The zero-order chi connectivity index (χ0) is 15.8. The van der Waals surface area contributed by atoms with Gasteiger partial charge in [0.2, 0.25) is 0 Å². The largest absolute Gasteiger partial charge is 0.485 e. The number of thiophene rings is 3. The molecular weight excluding hydrogens is 352 g/mol. The highest BCUT2D eigenvalue weighted by Gasteiger charge is 2.27. The quantitative estimate of drug-likeness (QED) is 0.637. The van der Waals surface area contributed by atoms with Gasteiger partial charge in [0, 0.05) is 9.75 Å². The fraction of sp³-hybridized carbons (Fsp3) is 0.125. The monoisotopic (exact) mass is 362 g/mol. The predicted octanol–water partition coefficient (Wildman–Crippen LogP) is 4.60. The van der Waals surface area contributed by atoms with Crippen molar-refractivity contribution in [2.45, 2.75) is 0 Å². The summed E-state index contributed by atoms with van der Waals surface area (Å²) in [7, 11) is 0. The summed E-state index contributed by atoms with van der Waals surface area (Å²) in [5.74, 6) is 1.47. The minimum absolute atomic E-state index is 0.506. The zero-order valence-electron chi connectivity index (χ0n) is 11.7. The number of rotatable bonds is 4. The molecule has 4 nitrogen and oxygen atoms in total. The van der Waals surface area contributed by atoms with Crippen LogP contribution in [0.3, 0.4) is 0 Å². The molecule has 0 atom stereocenters. The highest BCUT2D eigenvalue weighted by molar-refractivity contribution is 7.27. The van der Waals surface area contributed by atoms with Crippen LogP contribution in [0.4, 0.5) is 0 Å². The van der Waals surface area contributed by atoms with Crippen LogP contribution >= 0.6 is 34.0 Å². The summed E-state index contributed by atoms with van der Waals surface area (Å²) in [6.45, 7) is 1.01. The Morgan fingerprint density at radius 1 is 0.739 bits per heavy atom. The van der Waals surface area contributed by atoms with Gasteiger partial charge in [0.15, 0.2) is 24.1 Å². The molecule has 0 saturated carbocycles. The average molecular weight is 362 g/mol. The van der Waals surface area contributed by atoms with Crippen molar-refractivity contribution in [1.29, 1.82) is 0 Å². The Kier molecular flexibility index (Phi) is 3.76. The molecule has 4 heterocycles. The number of carbonyl (C=O) groups is 2. The normalized spacial score (nSPS) is 13.0. The molecule has 7 heteroatoms. The van der Waals surface area contributed by atoms with E-state index in [0.29, 0.717) is 23.0 Å². The Morgan fingerprint density at radius 3 is 1.61 bits per heavy atom. The van der Waals surface area contributed by atoms with Crippen molar-refractivity contribution in [3.63, 3.8) is 0 Å². The molecule has 3 aromatic rings. The second-order valence-corrected chi connectivity index (χ2v) is 8.01. The van der Waals surface area contributed by atoms with Crippen LogP contribution in [0.25, 0.3) is 19.5 Å². The minimum Gasteiger partial charge on any atom is -0.485 e. The Morgan fingerprint density at radius 2 is 1.22 bits per heavy atom. The molecule has 1 aliphatic rings. The fourth-order valence-electron chi connectivity index (χ4n) is 2.35. The maximum absolute atomic E-state index is 10.9. The molecule has 0 spiro atoms. The first-order chi connectivity index (χ1) is 11.3. The second-order valence-electron chi connectivity index (χ2n) is 4.76. The third-order valence-electron chi connectivity index (χ3n) is 3.33. The van der Waals surface area contributed by atoms with Crippen LogP contribution in [0.15, 0.2) is 24.3 Å². The molecule has 0 bridgehead atoms. The Labute approximate surface area is 143 Å². The van der Waals surface area contributed by atoms with Gasteiger partial charge >= 0.3 is 0 Å². The summed E-state index contributed by atoms with van der Waals surface area (Å²) in [6.07, 6.45) is 1.70. The Balaban J connectivity index is 1.87. The van der Waals surface area contributed by atoms with Crippen molar-refractivity contribution in [2.24, 2.45) is 0 Å². The van der Waals surface area contributed by atoms with E-state index in [2.05, 4.69) is 0 Å². The SMILES string of the molecule is O=Cc1ccc(-c2sc(-c3ccc(C=O)s3)c3c2OCCO3)s1. The molecule has 0 aromatic carbocycles. The Bertz CT molecular complexity index is 816. The van der Waals surface area contributed by atoms with Gasteiger partial charge in [0.25, 0.3) is 0 Å². The lowest BCUT2D eigenvalue weighted by Gasteiger charge is -2.16. The molecule has 0 unspecified atom stereocenters. The van der Waals surface area contributed by atoms with Gasteiger partial charge in [-0.05, 0) is 24.3 Å². The highest BCUT2D eigenvalue weighted by Crippen LogP contribution is 2.55. The van der Waals surface area contributed by atoms with E-state index in [1.54, 1.807) is 23.5 Å². The molecule has 0 aliphatic carbocycles. The van der Waals surface area contributed by atoms with Crippen LogP contribution in [0.1, 0.15) is 19.3 Å². The van der Waals surface area contributed by atoms with Crippen molar-refractivity contribution >= 4 is 46.6 Å². The van der Waals surface area contributed by atoms with Gasteiger partial charge in [0.05, 0.1) is 19.5 Å². The summed E-state index contributed by atoms with van der Waals surface area (Å²) < 4.78 is 11.7. The van der Waals surface area contributed by atoms with Gasteiger partial charge in [0.1, 0.15) is 13.2 Å². The van der Waals surface area contributed by atoms with Crippen molar-refractivity contribution in [3.05, 3.63) is 34.0 Å². The van der Waals surface area contributed by atoms with Gasteiger partial charge in [-0.25, -0.2) is 0 Å². The number of fused-ring (bicyclic) bond motifs is 1. The van der Waals surface area contributed by atoms with Crippen LogP contribution in [-0.2, 0) is 0 Å². The average Bonchev–Trinajstić information content (AvgIpc) is 3.31. The van der Waals surface area contributed by atoms with E-state index in [0.717, 1.165) is 43.6 Å². The van der Waals surface area contributed by atoms with Gasteiger partial charge in [-0.2, -0.15) is 0 Å². The summed E-state index contributed by atoms with van der Waals surface area (Å²) in [5, 5.41) is 0. The van der Waals surface area contributed by atoms with Crippen molar-refractivity contribution in [2.75, 3.05) is 13.2 Å². The van der Waals surface area contributed by atoms with E-state index in [4.69, 9.17) is 9.47 Å². The molecule has 0 amide bonds.